The minimum absolute atomic E-state index is 1.04. The quantitative estimate of drug-likeness (QED) is 0.706. The fraction of sp³-hybridized carbons (Fsp3) is 0.333. The Morgan fingerprint density at radius 1 is 1.36 bits per heavy atom. The average Bonchev–Trinajstić information content (AvgIpc) is 2.40. The Bertz CT molecular complexity index is 332. The molecular formula is C12H16N2. The van der Waals surface area contributed by atoms with Gasteiger partial charge in [-0.2, -0.15) is 0 Å². The molecule has 2 nitrogen and oxygen atoms in total. The van der Waals surface area contributed by atoms with Crippen molar-refractivity contribution in [2.75, 3.05) is 13.6 Å². The van der Waals surface area contributed by atoms with Gasteiger partial charge >= 0.3 is 0 Å². The molecule has 2 N–H and O–H groups in total. The number of rotatable bonds is 3. The summed E-state index contributed by atoms with van der Waals surface area (Å²) in [6.45, 7) is 1.04. The minimum atomic E-state index is 1.04. The summed E-state index contributed by atoms with van der Waals surface area (Å²) in [5.41, 5.74) is 4.15. The van der Waals surface area contributed by atoms with Crippen molar-refractivity contribution in [2.45, 2.75) is 12.8 Å². The Balaban J connectivity index is 2.15. The number of hydrogen-bond donors (Lipinski definition) is 2. The van der Waals surface area contributed by atoms with E-state index in [-0.39, 0.29) is 0 Å². The lowest BCUT2D eigenvalue weighted by Gasteiger charge is -2.19. The van der Waals surface area contributed by atoms with Gasteiger partial charge in [0.05, 0.1) is 0 Å². The lowest BCUT2D eigenvalue weighted by atomic mass is 9.96. The van der Waals surface area contributed by atoms with E-state index in [0.717, 1.165) is 19.4 Å². The third kappa shape index (κ3) is 1.96. The van der Waals surface area contributed by atoms with Crippen LogP contribution >= 0.6 is 0 Å². The Morgan fingerprint density at radius 2 is 2.21 bits per heavy atom. The van der Waals surface area contributed by atoms with Crippen LogP contribution in [0.2, 0.25) is 0 Å². The number of allylic oxidation sites excluding steroid dienone is 5. The van der Waals surface area contributed by atoms with Crippen LogP contribution in [0.1, 0.15) is 12.8 Å². The van der Waals surface area contributed by atoms with E-state index >= 15 is 0 Å². The summed E-state index contributed by atoms with van der Waals surface area (Å²) in [5, 5.41) is 6.50. The Labute approximate surface area is 85.1 Å². The SMILES string of the molecule is CNCCC1=CNC2=CC=CC=C1C2. The minimum Gasteiger partial charge on any atom is -0.364 e. The molecule has 0 saturated carbocycles. The first-order chi connectivity index (χ1) is 6.90. The highest BCUT2D eigenvalue weighted by Gasteiger charge is 2.12. The van der Waals surface area contributed by atoms with Gasteiger partial charge < -0.3 is 10.6 Å². The third-order valence-corrected chi connectivity index (χ3v) is 2.58. The Morgan fingerprint density at radius 3 is 3.07 bits per heavy atom. The van der Waals surface area contributed by atoms with Crippen molar-refractivity contribution < 1.29 is 0 Å². The first-order valence-electron chi connectivity index (χ1n) is 5.07. The highest BCUT2D eigenvalue weighted by molar-refractivity contribution is 5.43. The van der Waals surface area contributed by atoms with Gasteiger partial charge in [-0.1, -0.05) is 18.2 Å². The second-order valence-corrected chi connectivity index (χ2v) is 3.61. The first-order valence-corrected chi connectivity index (χ1v) is 5.07. The van der Waals surface area contributed by atoms with Crippen molar-refractivity contribution in [3.63, 3.8) is 0 Å². The maximum absolute atomic E-state index is 3.33. The van der Waals surface area contributed by atoms with Crippen LogP contribution < -0.4 is 10.6 Å². The molecule has 2 heteroatoms. The van der Waals surface area contributed by atoms with Crippen molar-refractivity contribution in [3.8, 4) is 0 Å². The lowest BCUT2D eigenvalue weighted by molar-refractivity contribution is 0.766. The van der Waals surface area contributed by atoms with Gasteiger partial charge in [0.25, 0.3) is 0 Å². The molecule has 0 fully saturated rings. The van der Waals surface area contributed by atoms with Crippen LogP contribution in [0.5, 0.6) is 0 Å². The van der Waals surface area contributed by atoms with E-state index in [1.807, 2.05) is 7.05 Å². The van der Waals surface area contributed by atoms with E-state index < -0.39 is 0 Å². The fourth-order valence-corrected chi connectivity index (χ4v) is 1.75. The van der Waals surface area contributed by atoms with Crippen molar-refractivity contribution in [3.05, 3.63) is 47.3 Å². The molecule has 1 aliphatic heterocycles. The summed E-state index contributed by atoms with van der Waals surface area (Å²) < 4.78 is 0. The van der Waals surface area contributed by atoms with Crippen molar-refractivity contribution in [1.82, 2.24) is 10.6 Å². The van der Waals surface area contributed by atoms with Gasteiger partial charge in [0, 0.05) is 18.3 Å². The molecule has 74 valence electrons. The normalized spacial score (nSPS) is 19.1. The van der Waals surface area contributed by atoms with Gasteiger partial charge in [-0.3, -0.25) is 0 Å². The molecule has 1 aliphatic carbocycles. The summed E-state index contributed by atoms with van der Waals surface area (Å²) in [4.78, 5) is 0. The van der Waals surface area contributed by atoms with E-state index in [0.29, 0.717) is 0 Å². The van der Waals surface area contributed by atoms with Crippen LogP contribution in [0.3, 0.4) is 0 Å². The second kappa shape index (κ2) is 4.29. The van der Waals surface area contributed by atoms with Crippen LogP contribution in [0.4, 0.5) is 0 Å². The molecule has 0 amide bonds. The zero-order chi connectivity index (χ0) is 9.80. The molecule has 0 aromatic rings. The summed E-state index contributed by atoms with van der Waals surface area (Å²) >= 11 is 0. The van der Waals surface area contributed by atoms with Gasteiger partial charge in [0.2, 0.25) is 0 Å². The van der Waals surface area contributed by atoms with Crippen LogP contribution in [-0.2, 0) is 0 Å². The van der Waals surface area contributed by atoms with Crippen LogP contribution in [0.15, 0.2) is 47.3 Å². The Kier molecular flexibility index (Phi) is 2.84. The van der Waals surface area contributed by atoms with E-state index in [1.165, 1.54) is 16.8 Å². The summed E-state index contributed by atoms with van der Waals surface area (Å²) in [6, 6.07) is 0. The molecule has 0 spiro atoms. The number of fused-ring (bicyclic) bond motifs is 2. The van der Waals surface area contributed by atoms with E-state index in [2.05, 4.69) is 41.1 Å². The van der Waals surface area contributed by atoms with Gasteiger partial charge in [-0.25, -0.2) is 0 Å². The van der Waals surface area contributed by atoms with Crippen LogP contribution in [-0.4, -0.2) is 13.6 Å². The molecule has 2 aliphatic rings. The standard InChI is InChI=1S/C12H16N2/c1-13-7-6-11-9-14-12-5-3-2-4-10(11)8-12/h2-5,9,13-14H,6-8H2,1H3. The first kappa shape index (κ1) is 9.28. The predicted octanol–water partition coefficient (Wildman–Crippen LogP) is 1.85. The number of nitrogens with one attached hydrogen (secondary N) is 2. The van der Waals surface area contributed by atoms with Crippen molar-refractivity contribution in [1.29, 1.82) is 0 Å². The molecule has 0 saturated heterocycles. The largest absolute Gasteiger partial charge is 0.364 e. The van der Waals surface area contributed by atoms with Gasteiger partial charge in [0.1, 0.15) is 0 Å². The van der Waals surface area contributed by atoms with Gasteiger partial charge in [-0.05, 0) is 37.2 Å². The number of hydrogen-bond acceptors (Lipinski definition) is 2. The summed E-state index contributed by atoms with van der Waals surface area (Å²) in [5.74, 6) is 0. The predicted molar refractivity (Wildman–Crippen MR) is 59.7 cm³/mol. The maximum atomic E-state index is 3.33. The highest BCUT2D eigenvalue weighted by atomic mass is 14.9. The zero-order valence-corrected chi connectivity index (χ0v) is 8.51. The molecule has 1 heterocycles. The molecule has 0 radical (unpaired) electrons. The lowest BCUT2D eigenvalue weighted by Crippen LogP contribution is -2.16. The molecular weight excluding hydrogens is 172 g/mol. The van der Waals surface area contributed by atoms with Crippen LogP contribution in [0.25, 0.3) is 0 Å². The molecule has 2 rings (SSSR count). The summed E-state index contributed by atoms with van der Waals surface area (Å²) in [6.07, 6.45) is 12.8. The molecule has 14 heavy (non-hydrogen) atoms. The highest BCUT2D eigenvalue weighted by Crippen LogP contribution is 2.26. The maximum Gasteiger partial charge on any atom is 0.0191 e. The van der Waals surface area contributed by atoms with Crippen LogP contribution in [0, 0.1) is 0 Å². The van der Waals surface area contributed by atoms with Gasteiger partial charge in [0.15, 0.2) is 0 Å². The third-order valence-electron chi connectivity index (χ3n) is 2.58. The average molecular weight is 188 g/mol. The molecule has 0 aromatic heterocycles. The second-order valence-electron chi connectivity index (χ2n) is 3.61. The van der Waals surface area contributed by atoms with Gasteiger partial charge in [-0.15, -0.1) is 0 Å². The molecule has 0 unspecified atom stereocenters. The fourth-order valence-electron chi connectivity index (χ4n) is 1.75. The Hall–Kier alpha value is -1.28. The van der Waals surface area contributed by atoms with E-state index in [1.54, 1.807) is 0 Å². The zero-order valence-electron chi connectivity index (χ0n) is 8.51. The van der Waals surface area contributed by atoms with E-state index in [4.69, 9.17) is 0 Å². The van der Waals surface area contributed by atoms with Crippen molar-refractivity contribution in [2.24, 2.45) is 0 Å². The molecule has 0 aromatic carbocycles. The van der Waals surface area contributed by atoms with E-state index in [9.17, 15) is 0 Å². The topological polar surface area (TPSA) is 24.1 Å². The monoisotopic (exact) mass is 188 g/mol. The molecule has 2 bridgehead atoms. The molecule has 0 atom stereocenters. The smallest absolute Gasteiger partial charge is 0.0191 e. The van der Waals surface area contributed by atoms with Crippen molar-refractivity contribution >= 4 is 0 Å². The summed E-state index contributed by atoms with van der Waals surface area (Å²) in [7, 11) is 1.99.